The first kappa shape index (κ1) is 20.3. The molecular formula is C14H10CaO4S2. The van der Waals surface area contributed by atoms with E-state index in [2.05, 4.69) is 25.3 Å². The van der Waals surface area contributed by atoms with Gasteiger partial charge in [-0.25, -0.2) is 0 Å². The van der Waals surface area contributed by atoms with E-state index in [-0.39, 0.29) is 48.9 Å². The molecule has 0 aliphatic heterocycles. The molecule has 0 aliphatic carbocycles. The van der Waals surface area contributed by atoms with E-state index in [0.29, 0.717) is 9.79 Å². The molecule has 0 radical (unpaired) electrons. The molecule has 0 aliphatic rings. The summed E-state index contributed by atoms with van der Waals surface area (Å²) >= 11 is 7.83. The average Bonchev–Trinajstić information content (AvgIpc) is 2.40. The van der Waals surface area contributed by atoms with E-state index >= 15 is 0 Å². The van der Waals surface area contributed by atoms with Gasteiger partial charge in [0.05, 0.1) is 11.9 Å². The van der Waals surface area contributed by atoms with Crippen LogP contribution in [0.2, 0.25) is 0 Å². The predicted octanol–water partition coefficient (Wildman–Crippen LogP) is 0.297. The van der Waals surface area contributed by atoms with Gasteiger partial charge in [0.2, 0.25) is 0 Å². The summed E-state index contributed by atoms with van der Waals surface area (Å²) in [4.78, 5) is 21.4. The number of hydrogen-bond acceptors (Lipinski definition) is 6. The van der Waals surface area contributed by atoms with Gasteiger partial charge in [0.1, 0.15) is 0 Å². The van der Waals surface area contributed by atoms with Crippen LogP contribution in [-0.4, -0.2) is 49.7 Å². The van der Waals surface area contributed by atoms with E-state index in [9.17, 15) is 19.8 Å². The third kappa shape index (κ3) is 6.75. The minimum absolute atomic E-state index is 0. The second-order valence-electron chi connectivity index (χ2n) is 3.61. The molecule has 0 saturated heterocycles. The van der Waals surface area contributed by atoms with Gasteiger partial charge >= 0.3 is 37.7 Å². The number of aromatic carboxylic acids is 2. The van der Waals surface area contributed by atoms with Crippen LogP contribution in [0.3, 0.4) is 0 Å². The van der Waals surface area contributed by atoms with E-state index in [1.54, 1.807) is 36.4 Å². The molecule has 0 spiro atoms. The van der Waals surface area contributed by atoms with Crippen molar-refractivity contribution in [2.75, 3.05) is 0 Å². The molecule has 2 aromatic rings. The number of thiol groups is 2. The normalized spacial score (nSPS) is 8.86. The van der Waals surface area contributed by atoms with Gasteiger partial charge < -0.3 is 19.8 Å². The molecule has 0 unspecified atom stereocenters. The van der Waals surface area contributed by atoms with E-state index in [0.717, 1.165) is 0 Å². The van der Waals surface area contributed by atoms with Gasteiger partial charge in [-0.3, -0.25) is 0 Å². The maximum Gasteiger partial charge on any atom is 2.00 e. The van der Waals surface area contributed by atoms with Gasteiger partial charge in [-0.1, -0.05) is 36.4 Å². The first-order valence-electron chi connectivity index (χ1n) is 5.42. The fourth-order valence-corrected chi connectivity index (χ4v) is 1.80. The summed E-state index contributed by atoms with van der Waals surface area (Å²) in [6, 6.07) is 12.8. The summed E-state index contributed by atoms with van der Waals surface area (Å²) in [6.45, 7) is 0. The Balaban J connectivity index is 0.000000364. The molecule has 0 bridgehead atoms. The van der Waals surface area contributed by atoms with Crippen molar-refractivity contribution in [2.45, 2.75) is 9.79 Å². The Labute approximate surface area is 163 Å². The molecule has 21 heavy (non-hydrogen) atoms. The Morgan fingerprint density at radius 1 is 0.714 bits per heavy atom. The molecule has 0 amide bonds. The molecule has 2 rings (SSSR count). The molecule has 0 heterocycles. The van der Waals surface area contributed by atoms with Crippen LogP contribution in [0, 0.1) is 0 Å². The minimum atomic E-state index is -1.19. The first-order chi connectivity index (χ1) is 9.43. The SMILES string of the molecule is O=C([O-])c1ccccc1S.O=C([O-])c1ccccc1S.[Ca+2]. The van der Waals surface area contributed by atoms with Crippen molar-refractivity contribution in [1.82, 2.24) is 0 Å². The summed E-state index contributed by atoms with van der Waals surface area (Å²) in [5.74, 6) is -2.38. The fourth-order valence-electron chi connectivity index (χ4n) is 1.29. The molecular weight excluding hydrogens is 336 g/mol. The minimum Gasteiger partial charge on any atom is -0.545 e. The maximum absolute atomic E-state index is 10.3. The molecule has 0 atom stereocenters. The average molecular weight is 346 g/mol. The Kier molecular flexibility index (Phi) is 9.81. The van der Waals surface area contributed by atoms with Crippen LogP contribution in [0.25, 0.3) is 0 Å². The smallest absolute Gasteiger partial charge is 0.545 e. The van der Waals surface area contributed by atoms with E-state index in [4.69, 9.17) is 0 Å². The molecule has 104 valence electrons. The monoisotopic (exact) mass is 346 g/mol. The number of carboxylic acid groups (broad SMARTS) is 2. The molecule has 0 saturated carbocycles. The molecule has 0 N–H and O–H groups in total. The first-order valence-corrected chi connectivity index (χ1v) is 6.31. The van der Waals surface area contributed by atoms with Crippen molar-refractivity contribution < 1.29 is 19.8 Å². The van der Waals surface area contributed by atoms with Crippen LogP contribution in [0.15, 0.2) is 58.3 Å². The summed E-state index contributed by atoms with van der Waals surface area (Å²) in [7, 11) is 0. The van der Waals surface area contributed by atoms with E-state index in [1.807, 2.05) is 0 Å². The molecule has 2 aromatic carbocycles. The zero-order chi connectivity index (χ0) is 15.1. The zero-order valence-electron chi connectivity index (χ0n) is 10.9. The summed E-state index contributed by atoms with van der Waals surface area (Å²) in [5.41, 5.74) is 0.261. The van der Waals surface area contributed by atoms with Gasteiger partial charge in [-0.05, 0) is 12.1 Å². The standard InChI is InChI=1S/2C7H6O2S.Ca/c2*8-7(9)5-3-1-2-4-6(5)10;/h2*1-4,10H,(H,8,9);/q;;+2/p-2. The molecule has 7 heteroatoms. The zero-order valence-corrected chi connectivity index (χ0v) is 14.9. The van der Waals surface area contributed by atoms with Crippen molar-refractivity contribution in [3.8, 4) is 0 Å². The van der Waals surface area contributed by atoms with E-state index < -0.39 is 11.9 Å². The predicted molar refractivity (Wildman–Crippen MR) is 81.8 cm³/mol. The van der Waals surface area contributed by atoms with Crippen LogP contribution in [0.5, 0.6) is 0 Å². The van der Waals surface area contributed by atoms with Crippen molar-refractivity contribution in [3.05, 3.63) is 59.7 Å². The Hall–Kier alpha value is -0.660. The Morgan fingerprint density at radius 2 is 1.00 bits per heavy atom. The Bertz CT molecular complexity index is 576. The quantitative estimate of drug-likeness (QED) is 0.605. The van der Waals surface area contributed by atoms with Crippen molar-refractivity contribution in [3.63, 3.8) is 0 Å². The summed E-state index contributed by atoms with van der Waals surface area (Å²) in [6.07, 6.45) is 0. The number of carbonyl (C=O) groups excluding carboxylic acids is 2. The second kappa shape index (κ2) is 10.1. The van der Waals surface area contributed by atoms with Gasteiger partial charge in [0.15, 0.2) is 0 Å². The summed E-state index contributed by atoms with van der Waals surface area (Å²) < 4.78 is 0. The van der Waals surface area contributed by atoms with Gasteiger partial charge in [0, 0.05) is 20.9 Å². The topological polar surface area (TPSA) is 80.3 Å². The second-order valence-corrected chi connectivity index (χ2v) is 4.57. The number of rotatable bonds is 2. The van der Waals surface area contributed by atoms with Gasteiger partial charge in [-0.2, -0.15) is 0 Å². The van der Waals surface area contributed by atoms with Crippen LogP contribution in [0.1, 0.15) is 20.7 Å². The number of carboxylic acids is 2. The fraction of sp³-hybridized carbons (Fsp3) is 0. The van der Waals surface area contributed by atoms with Crippen molar-refractivity contribution in [2.24, 2.45) is 0 Å². The van der Waals surface area contributed by atoms with Gasteiger partial charge in [0.25, 0.3) is 0 Å². The van der Waals surface area contributed by atoms with Crippen LogP contribution >= 0.6 is 25.3 Å². The number of carbonyl (C=O) groups is 2. The van der Waals surface area contributed by atoms with Crippen LogP contribution < -0.4 is 10.2 Å². The van der Waals surface area contributed by atoms with Crippen molar-refractivity contribution >= 4 is 74.9 Å². The van der Waals surface area contributed by atoms with Gasteiger partial charge in [-0.15, -0.1) is 25.3 Å². The molecule has 0 fully saturated rings. The van der Waals surface area contributed by atoms with Crippen molar-refractivity contribution in [1.29, 1.82) is 0 Å². The van der Waals surface area contributed by atoms with Crippen LogP contribution in [0.4, 0.5) is 0 Å². The Morgan fingerprint density at radius 3 is 1.19 bits per heavy atom. The number of hydrogen-bond donors (Lipinski definition) is 2. The molecule has 0 aromatic heterocycles. The third-order valence-corrected chi connectivity index (χ3v) is 3.03. The largest absolute Gasteiger partial charge is 2.00 e. The number of benzene rings is 2. The maximum atomic E-state index is 10.3. The molecule has 4 nitrogen and oxygen atoms in total. The van der Waals surface area contributed by atoms with E-state index in [1.165, 1.54) is 12.1 Å². The summed E-state index contributed by atoms with van der Waals surface area (Å²) in [5, 5.41) is 20.5. The third-order valence-electron chi connectivity index (χ3n) is 2.25. The van der Waals surface area contributed by atoms with Crippen LogP contribution in [-0.2, 0) is 0 Å².